The number of amides is 1. The molecule has 0 aliphatic carbocycles. The highest BCUT2D eigenvalue weighted by Gasteiger charge is 2.34. The number of hydrogen-bond donors (Lipinski definition) is 2. The molecule has 2 fully saturated rings. The highest BCUT2D eigenvalue weighted by atomic mass is 16.5. The van der Waals surface area contributed by atoms with Crippen LogP contribution in [-0.4, -0.2) is 50.1 Å². The van der Waals surface area contributed by atoms with Crippen molar-refractivity contribution in [1.82, 2.24) is 15.8 Å². The molecule has 6 nitrogen and oxygen atoms in total. The van der Waals surface area contributed by atoms with Gasteiger partial charge < -0.3 is 14.5 Å². The van der Waals surface area contributed by atoms with Crippen LogP contribution in [0.4, 0.5) is 5.69 Å². The summed E-state index contributed by atoms with van der Waals surface area (Å²) in [6.45, 7) is 3.04. The zero-order chi connectivity index (χ0) is 21.2. The molecule has 0 bridgehead atoms. The number of benzene rings is 3. The molecule has 2 N–H and O–H groups in total. The molecule has 31 heavy (non-hydrogen) atoms. The second-order valence-corrected chi connectivity index (χ2v) is 8.18. The Morgan fingerprint density at radius 1 is 0.903 bits per heavy atom. The largest absolute Gasteiger partial charge is 0.495 e. The van der Waals surface area contributed by atoms with Crippen molar-refractivity contribution in [3.8, 4) is 5.75 Å². The van der Waals surface area contributed by atoms with Crippen LogP contribution in [0.1, 0.15) is 18.0 Å². The lowest BCUT2D eigenvalue weighted by Crippen LogP contribution is -2.53. The van der Waals surface area contributed by atoms with Crippen molar-refractivity contribution in [3.05, 3.63) is 72.3 Å². The molecule has 2 heterocycles. The first kappa shape index (κ1) is 19.8. The van der Waals surface area contributed by atoms with Crippen molar-refractivity contribution in [3.63, 3.8) is 0 Å². The van der Waals surface area contributed by atoms with Crippen LogP contribution in [0.3, 0.4) is 0 Å². The molecule has 0 aromatic heterocycles. The molecule has 3 aromatic rings. The molecule has 2 unspecified atom stereocenters. The summed E-state index contributed by atoms with van der Waals surface area (Å²) in [7, 11) is 1.70. The number of ether oxygens (including phenoxy) is 1. The summed E-state index contributed by atoms with van der Waals surface area (Å²) in [5, 5.41) is 2.46. The fraction of sp³-hybridized carbons (Fsp3) is 0.320. The smallest absolute Gasteiger partial charge is 0.241 e. The van der Waals surface area contributed by atoms with Crippen LogP contribution in [0.15, 0.2) is 66.7 Å². The lowest BCUT2D eigenvalue weighted by molar-refractivity contribution is -0.133. The van der Waals surface area contributed by atoms with Crippen LogP contribution in [0.2, 0.25) is 0 Å². The first-order valence-electron chi connectivity index (χ1n) is 10.9. The van der Waals surface area contributed by atoms with E-state index in [2.05, 4.69) is 64.3 Å². The predicted octanol–water partition coefficient (Wildman–Crippen LogP) is 3.10. The van der Waals surface area contributed by atoms with Gasteiger partial charge in [0.25, 0.3) is 0 Å². The van der Waals surface area contributed by atoms with E-state index in [1.165, 1.54) is 16.3 Å². The molecule has 160 valence electrons. The number of fused-ring (bicyclic) bond motifs is 1. The average Bonchev–Trinajstić information content (AvgIpc) is 3.33. The predicted molar refractivity (Wildman–Crippen MR) is 123 cm³/mol. The van der Waals surface area contributed by atoms with E-state index in [0.717, 1.165) is 30.9 Å². The number of hydrogen-bond acceptors (Lipinski definition) is 5. The highest BCUT2D eigenvalue weighted by Crippen LogP contribution is 2.31. The normalized spacial score (nSPS) is 21.5. The van der Waals surface area contributed by atoms with Gasteiger partial charge >= 0.3 is 0 Å². The average molecular weight is 417 g/mol. The van der Waals surface area contributed by atoms with E-state index in [0.29, 0.717) is 13.1 Å². The van der Waals surface area contributed by atoms with Crippen LogP contribution in [0.25, 0.3) is 10.8 Å². The van der Waals surface area contributed by atoms with Gasteiger partial charge in [0.1, 0.15) is 11.8 Å². The van der Waals surface area contributed by atoms with Crippen molar-refractivity contribution in [2.75, 3.05) is 38.2 Å². The maximum atomic E-state index is 13.2. The molecule has 3 aromatic carbocycles. The Morgan fingerprint density at radius 2 is 1.65 bits per heavy atom. The molecular weight excluding hydrogens is 388 g/mol. The van der Waals surface area contributed by atoms with Crippen molar-refractivity contribution < 1.29 is 9.53 Å². The van der Waals surface area contributed by atoms with Crippen molar-refractivity contribution >= 4 is 22.4 Å². The SMILES string of the molecule is COc1ccccc1N1CCN(C(=O)C2CC(c3cccc4ccccc34)NN2)CC1. The molecule has 2 aliphatic heterocycles. The standard InChI is InChI=1S/C25H28N4O2/c1-31-24-12-5-4-11-23(24)28-13-15-29(16-14-28)25(30)22-17-21(26-27-22)20-10-6-8-18-7-2-3-9-19(18)20/h2-12,21-22,26-27H,13-17H2,1H3. The minimum Gasteiger partial charge on any atom is -0.495 e. The Balaban J connectivity index is 1.23. The summed E-state index contributed by atoms with van der Waals surface area (Å²) < 4.78 is 5.50. The number of piperazine rings is 1. The summed E-state index contributed by atoms with van der Waals surface area (Å²) in [6, 6.07) is 22.8. The summed E-state index contributed by atoms with van der Waals surface area (Å²) >= 11 is 0. The quantitative estimate of drug-likeness (QED) is 0.685. The van der Waals surface area contributed by atoms with Gasteiger partial charge in [-0.05, 0) is 34.9 Å². The number of rotatable bonds is 4. The molecule has 0 saturated carbocycles. The molecule has 2 atom stereocenters. The summed E-state index contributed by atoms with van der Waals surface area (Å²) in [6.07, 6.45) is 0.750. The van der Waals surface area contributed by atoms with Gasteiger partial charge in [0, 0.05) is 32.2 Å². The molecule has 2 saturated heterocycles. The van der Waals surface area contributed by atoms with Gasteiger partial charge in [-0.25, -0.2) is 10.9 Å². The van der Waals surface area contributed by atoms with E-state index >= 15 is 0 Å². The van der Waals surface area contributed by atoms with Gasteiger partial charge in [0.15, 0.2) is 0 Å². The van der Waals surface area contributed by atoms with Crippen molar-refractivity contribution in [2.24, 2.45) is 0 Å². The van der Waals surface area contributed by atoms with Crippen LogP contribution >= 0.6 is 0 Å². The Bertz CT molecular complexity index is 1070. The van der Waals surface area contributed by atoms with E-state index in [1.54, 1.807) is 7.11 Å². The minimum absolute atomic E-state index is 0.120. The topological polar surface area (TPSA) is 56.8 Å². The van der Waals surface area contributed by atoms with E-state index < -0.39 is 0 Å². The Kier molecular flexibility index (Phi) is 5.49. The van der Waals surface area contributed by atoms with Gasteiger partial charge in [-0.15, -0.1) is 0 Å². The molecule has 0 radical (unpaired) electrons. The third kappa shape index (κ3) is 3.84. The number of carbonyl (C=O) groups is 1. The molecule has 6 heteroatoms. The fourth-order valence-corrected chi connectivity index (χ4v) is 4.76. The van der Waals surface area contributed by atoms with Crippen molar-refractivity contribution in [1.29, 1.82) is 0 Å². The van der Waals surface area contributed by atoms with Crippen LogP contribution in [0.5, 0.6) is 5.75 Å². The molecular formula is C25H28N4O2. The van der Waals surface area contributed by atoms with Gasteiger partial charge in [0.05, 0.1) is 12.8 Å². The third-order valence-corrected chi connectivity index (χ3v) is 6.42. The number of nitrogens with one attached hydrogen (secondary N) is 2. The Hall–Kier alpha value is -3.09. The number of para-hydroxylation sites is 2. The van der Waals surface area contributed by atoms with E-state index in [9.17, 15) is 4.79 Å². The minimum atomic E-state index is -0.207. The summed E-state index contributed by atoms with van der Waals surface area (Å²) in [5.74, 6) is 1.05. The lowest BCUT2D eigenvalue weighted by Gasteiger charge is -2.37. The zero-order valence-corrected chi connectivity index (χ0v) is 17.8. The molecule has 2 aliphatic rings. The van der Waals surface area contributed by atoms with E-state index in [1.807, 2.05) is 23.1 Å². The van der Waals surface area contributed by atoms with E-state index in [-0.39, 0.29) is 18.0 Å². The monoisotopic (exact) mass is 416 g/mol. The molecule has 5 rings (SSSR count). The zero-order valence-electron chi connectivity index (χ0n) is 17.8. The first-order chi connectivity index (χ1) is 15.2. The Labute approximate surface area is 182 Å². The van der Waals surface area contributed by atoms with Gasteiger partial charge in [-0.1, -0.05) is 54.6 Å². The van der Waals surface area contributed by atoms with Gasteiger partial charge in [-0.2, -0.15) is 0 Å². The van der Waals surface area contributed by atoms with E-state index in [4.69, 9.17) is 4.74 Å². The number of hydrazine groups is 1. The second kappa shape index (κ2) is 8.57. The second-order valence-electron chi connectivity index (χ2n) is 8.18. The molecule has 1 amide bonds. The first-order valence-corrected chi connectivity index (χ1v) is 10.9. The molecule has 0 spiro atoms. The third-order valence-electron chi connectivity index (χ3n) is 6.42. The Morgan fingerprint density at radius 3 is 2.48 bits per heavy atom. The van der Waals surface area contributed by atoms with Crippen LogP contribution in [0, 0.1) is 0 Å². The fourth-order valence-electron chi connectivity index (χ4n) is 4.76. The van der Waals surface area contributed by atoms with Crippen molar-refractivity contribution in [2.45, 2.75) is 18.5 Å². The maximum Gasteiger partial charge on any atom is 0.241 e. The number of anilines is 1. The highest BCUT2D eigenvalue weighted by molar-refractivity contribution is 5.87. The number of methoxy groups -OCH3 is 1. The number of carbonyl (C=O) groups excluding carboxylic acids is 1. The number of nitrogens with zero attached hydrogens (tertiary/aromatic N) is 2. The van der Waals surface area contributed by atoms with Gasteiger partial charge in [0.2, 0.25) is 5.91 Å². The maximum absolute atomic E-state index is 13.2. The summed E-state index contributed by atoms with van der Waals surface area (Å²) in [5.41, 5.74) is 8.94. The van der Waals surface area contributed by atoms with Crippen LogP contribution < -0.4 is 20.5 Å². The summed E-state index contributed by atoms with van der Waals surface area (Å²) in [4.78, 5) is 17.5. The van der Waals surface area contributed by atoms with Gasteiger partial charge in [-0.3, -0.25) is 4.79 Å². The van der Waals surface area contributed by atoms with Crippen LogP contribution in [-0.2, 0) is 4.79 Å². The lowest BCUT2D eigenvalue weighted by atomic mass is 9.96.